The zero-order chi connectivity index (χ0) is 20.6. The Kier molecular flexibility index (Phi) is 8.24. The van der Waals surface area contributed by atoms with Crippen molar-refractivity contribution in [1.29, 1.82) is 0 Å². The molecule has 29 heavy (non-hydrogen) atoms. The minimum absolute atomic E-state index is 0.0346. The van der Waals surface area contributed by atoms with Crippen molar-refractivity contribution in [3.05, 3.63) is 23.8 Å². The number of hydrogen-bond acceptors (Lipinski definition) is 6. The molecule has 160 valence electrons. The van der Waals surface area contributed by atoms with Crippen LogP contribution in [-0.4, -0.2) is 51.0 Å². The van der Waals surface area contributed by atoms with Crippen LogP contribution in [0.1, 0.15) is 48.9 Å². The number of hydrogen-bond donors (Lipinski definition) is 2. The van der Waals surface area contributed by atoms with Gasteiger partial charge in [-0.05, 0) is 82.0 Å². The van der Waals surface area contributed by atoms with Crippen LogP contribution < -0.4 is 15.4 Å². The molecule has 0 unspecified atom stereocenters. The Labute approximate surface area is 177 Å². The van der Waals surface area contributed by atoms with E-state index in [-0.39, 0.29) is 23.8 Å². The Hall–Kier alpha value is -1.73. The van der Waals surface area contributed by atoms with Crippen LogP contribution >= 0.6 is 11.8 Å². The third-order valence-electron chi connectivity index (χ3n) is 5.96. The maximum atomic E-state index is 12.7. The maximum Gasteiger partial charge on any atom is 0.308 e. The predicted octanol–water partition coefficient (Wildman–Crippen LogP) is 3.25. The quantitative estimate of drug-likeness (QED) is 0.521. The molecule has 1 heterocycles. The minimum Gasteiger partial charge on any atom is -0.492 e. The van der Waals surface area contributed by atoms with Gasteiger partial charge in [0.2, 0.25) is 0 Å². The van der Waals surface area contributed by atoms with Crippen molar-refractivity contribution in [2.45, 2.75) is 49.5 Å². The number of methoxy groups -OCH3 is 1. The summed E-state index contributed by atoms with van der Waals surface area (Å²) < 4.78 is 10.9. The van der Waals surface area contributed by atoms with Crippen LogP contribution in [0.5, 0.6) is 5.75 Å². The van der Waals surface area contributed by atoms with E-state index in [2.05, 4.69) is 10.6 Å². The van der Waals surface area contributed by atoms with E-state index in [4.69, 9.17) is 9.47 Å². The number of rotatable bonds is 7. The molecule has 0 spiro atoms. The summed E-state index contributed by atoms with van der Waals surface area (Å²) in [6.45, 7) is 2.85. The molecule has 1 aromatic carbocycles. The van der Waals surface area contributed by atoms with Crippen molar-refractivity contribution in [3.8, 4) is 5.75 Å². The van der Waals surface area contributed by atoms with Crippen molar-refractivity contribution in [3.63, 3.8) is 0 Å². The van der Waals surface area contributed by atoms with Gasteiger partial charge in [0.05, 0.1) is 19.6 Å². The second-order valence-electron chi connectivity index (χ2n) is 7.92. The van der Waals surface area contributed by atoms with Gasteiger partial charge in [-0.25, -0.2) is 0 Å². The maximum absolute atomic E-state index is 12.7. The minimum atomic E-state index is -0.139. The summed E-state index contributed by atoms with van der Waals surface area (Å²) in [7, 11) is 1.43. The first kappa shape index (κ1) is 22.0. The Morgan fingerprint density at radius 3 is 2.52 bits per heavy atom. The zero-order valence-corrected chi connectivity index (χ0v) is 18.2. The van der Waals surface area contributed by atoms with Gasteiger partial charge in [-0.15, -0.1) is 11.8 Å². The number of carbonyl (C=O) groups is 2. The van der Waals surface area contributed by atoms with Gasteiger partial charge in [0, 0.05) is 16.5 Å². The number of ether oxygens (including phenoxy) is 2. The Bertz CT molecular complexity index is 698. The van der Waals surface area contributed by atoms with E-state index in [0.717, 1.165) is 68.9 Å². The van der Waals surface area contributed by atoms with Gasteiger partial charge in [-0.3, -0.25) is 9.59 Å². The summed E-state index contributed by atoms with van der Waals surface area (Å²) in [4.78, 5) is 25.3. The number of nitrogens with one attached hydrogen (secondary N) is 2. The van der Waals surface area contributed by atoms with Gasteiger partial charge in [0.15, 0.2) is 0 Å². The van der Waals surface area contributed by atoms with E-state index in [1.165, 1.54) is 7.11 Å². The molecule has 7 heteroatoms. The molecule has 0 radical (unpaired) electrons. The number of thioether (sulfide) groups is 1. The number of esters is 1. The van der Waals surface area contributed by atoms with Crippen LogP contribution in [0.15, 0.2) is 23.1 Å². The molecule has 1 amide bonds. The van der Waals surface area contributed by atoms with Crippen molar-refractivity contribution >= 4 is 23.6 Å². The third kappa shape index (κ3) is 6.12. The van der Waals surface area contributed by atoms with Gasteiger partial charge in [0.1, 0.15) is 5.75 Å². The van der Waals surface area contributed by atoms with Crippen molar-refractivity contribution in [1.82, 2.24) is 10.6 Å². The van der Waals surface area contributed by atoms with Gasteiger partial charge < -0.3 is 20.1 Å². The summed E-state index contributed by atoms with van der Waals surface area (Å²) in [6.07, 6.45) is 7.42. The molecule has 0 bridgehead atoms. The lowest BCUT2D eigenvalue weighted by Crippen LogP contribution is -2.38. The summed E-state index contributed by atoms with van der Waals surface area (Å²) in [6, 6.07) is 5.78. The first-order valence-corrected chi connectivity index (χ1v) is 11.7. The fourth-order valence-electron chi connectivity index (χ4n) is 4.09. The van der Waals surface area contributed by atoms with Crippen LogP contribution in [0.4, 0.5) is 0 Å². The number of benzene rings is 1. The monoisotopic (exact) mass is 420 g/mol. The highest BCUT2D eigenvalue weighted by molar-refractivity contribution is 7.98. The van der Waals surface area contributed by atoms with E-state index in [9.17, 15) is 9.59 Å². The lowest BCUT2D eigenvalue weighted by atomic mass is 9.86. The predicted molar refractivity (Wildman–Crippen MR) is 115 cm³/mol. The Balaban J connectivity index is 1.53. The first-order chi connectivity index (χ1) is 14.1. The van der Waals surface area contributed by atoms with Crippen molar-refractivity contribution in [2.75, 3.05) is 33.1 Å². The van der Waals surface area contributed by atoms with Gasteiger partial charge >= 0.3 is 5.97 Å². The molecular formula is C22H32N2O4S. The molecule has 2 aliphatic rings. The molecule has 1 saturated carbocycles. The Morgan fingerprint density at radius 1 is 1.14 bits per heavy atom. The molecule has 0 aromatic heterocycles. The third-order valence-corrected chi connectivity index (χ3v) is 6.71. The van der Waals surface area contributed by atoms with Crippen LogP contribution in [-0.2, 0) is 9.53 Å². The topological polar surface area (TPSA) is 76.7 Å². The summed E-state index contributed by atoms with van der Waals surface area (Å²) >= 11 is 1.60. The first-order valence-electron chi connectivity index (χ1n) is 10.5. The van der Waals surface area contributed by atoms with E-state index < -0.39 is 0 Å². The lowest BCUT2D eigenvalue weighted by Gasteiger charge is -2.27. The van der Waals surface area contributed by atoms with Gasteiger partial charge in [0.25, 0.3) is 5.91 Å². The van der Waals surface area contributed by atoms with E-state index in [1.54, 1.807) is 11.8 Å². The lowest BCUT2D eigenvalue weighted by molar-refractivity contribution is -0.146. The molecule has 2 N–H and O–H groups in total. The molecule has 3 rings (SSSR count). The normalized spacial score (nSPS) is 22.7. The smallest absolute Gasteiger partial charge is 0.308 e. The number of amides is 1. The SMILES string of the molecule is COC(=O)C1CCC(NC(=O)c2ccc(OCC3CCNCC3)c(SC)c2)CC1. The van der Waals surface area contributed by atoms with E-state index >= 15 is 0 Å². The van der Waals surface area contributed by atoms with Gasteiger partial charge in [-0.2, -0.15) is 0 Å². The zero-order valence-electron chi connectivity index (χ0n) is 17.4. The average molecular weight is 421 g/mol. The fraction of sp³-hybridized carbons (Fsp3) is 0.636. The van der Waals surface area contributed by atoms with Crippen molar-refractivity contribution < 1.29 is 19.1 Å². The van der Waals surface area contributed by atoms with Crippen LogP contribution in [0.25, 0.3) is 0 Å². The molecular weight excluding hydrogens is 388 g/mol. The van der Waals surface area contributed by atoms with Gasteiger partial charge in [-0.1, -0.05) is 0 Å². The molecule has 1 aromatic rings. The highest BCUT2D eigenvalue weighted by atomic mass is 32.2. The largest absolute Gasteiger partial charge is 0.492 e. The fourth-order valence-corrected chi connectivity index (χ4v) is 4.67. The average Bonchev–Trinajstić information content (AvgIpc) is 2.78. The van der Waals surface area contributed by atoms with Crippen LogP contribution in [0.3, 0.4) is 0 Å². The molecule has 0 atom stereocenters. The standard InChI is InChI=1S/C22H32N2O4S/c1-27-22(26)16-3-6-18(7-4-16)24-21(25)17-5-8-19(20(13-17)29-2)28-14-15-9-11-23-12-10-15/h5,8,13,15-16,18,23H,3-4,6-7,9-12,14H2,1-2H3,(H,24,25). The van der Waals surface area contributed by atoms with E-state index in [0.29, 0.717) is 11.5 Å². The molecule has 1 saturated heterocycles. The summed E-state index contributed by atoms with van der Waals surface area (Å²) in [5, 5.41) is 6.49. The summed E-state index contributed by atoms with van der Waals surface area (Å²) in [5.74, 6) is 1.21. The van der Waals surface area contributed by atoms with Crippen LogP contribution in [0.2, 0.25) is 0 Å². The highest BCUT2D eigenvalue weighted by Crippen LogP contribution is 2.30. The number of piperidine rings is 1. The van der Waals surface area contributed by atoms with Crippen LogP contribution in [0, 0.1) is 11.8 Å². The molecule has 1 aliphatic heterocycles. The highest BCUT2D eigenvalue weighted by Gasteiger charge is 2.28. The molecule has 1 aliphatic carbocycles. The van der Waals surface area contributed by atoms with Crippen molar-refractivity contribution in [2.24, 2.45) is 11.8 Å². The Morgan fingerprint density at radius 2 is 1.86 bits per heavy atom. The van der Waals surface area contributed by atoms with E-state index in [1.807, 2.05) is 24.5 Å². The number of carbonyl (C=O) groups excluding carboxylic acids is 2. The molecule has 6 nitrogen and oxygen atoms in total. The second-order valence-corrected chi connectivity index (χ2v) is 8.76. The second kappa shape index (κ2) is 10.9. The molecule has 2 fully saturated rings. The summed E-state index contributed by atoms with van der Waals surface area (Å²) in [5.41, 5.74) is 0.652.